The fourth-order valence-corrected chi connectivity index (χ4v) is 1.48. The van der Waals surface area contributed by atoms with E-state index in [1.54, 1.807) is 0 Å². The monoisotopic (exact) mass is 209 g/mol. The molecule has 14 heavy (non-hydrogen) atoms. The van der Waals surface area contributed by atoms with E-state index in [2.05, 4.69) is 4.99 Å². The first-order valence-corrected chi connectivity index (χ1v) is 4.07. The van der Waals surface area contributed by atoms with Crippen molar-refractivity contribution in [2.75, 3.05) is 6.54 Å². The summed E-state index contributed by atoms with van der Waals surface area (Å²) >= 11 is 0. The van der Waals surface area contributed by atoms with Crippen molar-refractivity contribution in [1.82, 2.24) is 4.90 Å². The van der Waals surface area contributed by atoms with Crippen LogP contribution < -0.4 is 4.99 Å². The van der Waals surface area contributed by atoms with Crippen LogP contribution in [0.3, 0.4) is 0 Å². The first-order valence-electron chi connectivity index (χ1n) is 4.07. The molecule has 1 aliphatic heterocycles. The number of hydrogen-bond donors (Lipinski definition) is 2. The van der Waals surface area contributed by atoms with Gasteiger partial charge in [0.1, 0.15) is 0 Å². The summed E-state index contributed by atoms with van der Waals surface area (Å²) in [6.07, 6.45) is -3.54. The van der Waals surface area contributed by atoms with Gasteiger partial charge in [0.15, 0.2) is 6.54 Å². The maximum atomic E-state index is 12.0. The van der Waals surface area contributed by atoms with E-state index >= 15 is 0 Å². The second-order valence-electron chi connectivity index (χ2n) is 3.54. The molecule has 2 aliphatic rings. The maximum absolute atomic E-state index is 12.0. The number of aliphatic hydroxyl groups excluding tert-OH is 1. The molecule has 0 bridgehead atoms. The number of alkyl halides is 3. The molecule has 0 unspecified atom stereocenters. The van der Waals surface area contributed by atoms with Crippen LogP contribution in [0.4, 0.5) is 13.2 Å². The standard InChI is InChI=1S/C7H7F3N2O2/c8-7(9,10)3-12-4(13)6(1-2-6)11-5(12)14/h1-3H2,(H,11,14)/p+1. The smallest absolute Gasteiger partial charge is 0.447 e. The average Bonchev–Trinajstić information content (AvgIpc) is 2.74. The highest BCUT2D eigenvalue weighted by Crippen LogP contribution is 2.35. The Hall–Kier alpha value is -1.27. The van der Waals surface area contributed by atoms with Gasteiger partial charge in [-0.15, -0.1) is 0 Å². The van der Waals surface area contributed by atoms with Gasteiger partial charge in [0.05, 0.1) is 0 Å². The highest BCUT2D eigenvalue weighted by Gasteiger charge is 2.65. The third kappa shape index (κ3) is 1.32. The number of carbonyl (C=O) groups is 1. The lowest BCUT2D eigenvalue weighted by molar-refractivity contribution is -0.504. The van der Waals surface area contributed by atoms with Crippen LogP contribution >= 0.6 is 0 Å². The Morgan fingerprint density at radius 2 is 2.07 bits per heavy atom. The number of halogens is 3. The Kier molecular flexibility index (Phi) is 1.59. The lowest BCUT2D eigenvalue weighted by Crippen LogP contribution is -2.80. The molecule has 0 aromatic rings. The summed E-state index contributed by atoms with van der Waals surface area (Å²) in [5.74, 6) is -0.688. The van der Waals surface area contributed by atoms with E-state index in [1.807, 2.05) is 0 Å². The third-order valence-corrected chi connectivity index (χ3v) is 2.35. The van der Waals surface area contributed by atoms with Crippen molar-refractivity contribution in [1.29, 1.82) is 0 Å². The molecule has 1 aliphatic carbocycles. The van der Waals surface area contributed by atoms with E-state index < -0.39 is 30.2 Å². The van der Waals surface area contributed by atoms with Crippen molar-refractivity contribution in [3.8, 4) is 0 Å². The molecule has 4 nitrogen and oxygen atoms in total. The van der Waals surface area contributed by atoms with Gasteiger partial charge in [-0.05, 0) is 0 Å². The van der Waals surface area contributed by atoms with Crippen molar-refractivity contribution >= 4 is 11.9 Å². The maximum Gasteiger partial charge on any atom is 0.450 e. The third-order valence-electron chi connectivity index (χ3n) is 2.35. The molecule has 0 saturated heterocycles. The predicted octanol–water partition coefficient (Wildman–Crippen LogP) is -1.08. The van der Waals surface area contributed by atoms with Gasteiger partial charge in [0.2, 0.25) is 5.54 Å². The minimum absolute atomic E-state index is 0.340. The number of amidine groups is 1. The molecular weight excluding hydrogens is 201 g/mol. The molecule has 1 saturated carbocycles. The normalized spacial score (nSPS) is 24.4. The number of nitrogens with zero attached hydrogens (tertiary/aromatic N) is 1. The Balaban J connectivity index is 2.15. The highest BCUT2D eigenvalue weighted by atomic mass is 19.4. The molecule has 0 radical (unpaired) electrons. The van der Waals surface area contributed by atoms with Crippen LogP contribution in [-0.4, -0.2) is 40.2 Å². The fraction of sp³-hybridized carbons (Fsp3) is 0.714. The first kappa shape index (κ1) is 9.29. The summed E-state index contributed by atoms with van der Waals surface area (Å²) in [5, 5.41) is 9.11. The quantitative estimate of drug-likeness (QED) is 0.577. The number of rotatable bonds is 1. The highest BCUT2D eigenvalue weighted by molar-refractivity contribution is 6.01. The van der Waals surface area contributed by atoms with Crippen molar-refractivity contribution in [3.05, 3.63) is 0 Å². The summed E-state index contributed by atoms with van der Waals surface area (Å²) in [4.78, 5) is 14.1. The molecule has 0 aromatic carbocycles. The molecule has 1 heterocycles. The Bertz CT molecular complexity index is 319. The Morgan fingerprint density at radius 1 is 1.50 bits per heavy atom. The SMILES string of the molecule is O=C1N(CC(F)(F)F)C(O)=[NH+]C12CC2. The van der Waals surface area contributed by atoms with Gasteiger partial charge in [-0.25, -0.2) is 9.79 Å². The predicted molar refractivity (Wildman–Crippen MR) is 38.3 cm³/mol. The van der Waals surface area contributed by atoms with E-state index in [1.165, 1.54) is 0 Å². The number of aliphatic hydroxyl groups is 1. The number of hydrogen-bond acceptors (Lipinski definition) is 1. The topological polar surface area (TPSA) is 54.5 Å². The van der Waals surface area contributed by atoms with E-state index in [0.717, 1.165) is 0 Å². The van der Waals surface area contributed by atoms with Crippen LogP contribution in [0.25, 0.3) is 0 Å². The van der Waals surface area contributed by atoms with Crippen molar-refractivity contribution < 1.29 is 28.1 Å². The van der Waals surface area contributed by atoms with Crippen LogP contribution in [0.1, 0.15) is 12.8 Å². The molecule has 0 atom stereocenters. The van der Waals surface area contributed by atoms with E-state index in [0.29, 0.717) is 17.7 Å². The van der Waals surface area contributed by atoms with Gasteiger partial charge in [-0.1, -0.05) is 0 Å². The van der Waals surface area contributed by atoms with E-state index in [4.69, 9.17) is 5.11 Å². The average molecular weight is 209 g/mol. The van der Waals surface area contributed by atoms with Crippen LogP contribution in [0, 0.1) is 0 Å². The number of nitrogens with one attached hydrogen (secondary N) is 1. The van der Waals surface area contributed by atoms with Gasteiger partial charge in [0.25, 0.3) is 0 Å². The molecule has 1 fully saturated rings. The van der Waals surface area contributed by atoms with Crippen LogP contribution in [0.5, 0.6) is 0 Å². The molecule has 1 amide bonds. The molecular formula is C7H8F3N2O2+. The lowest BCUT2D eigenvalue weighted by atomic mass is 10.3. The zero-order chi connectivity index (χ0) is 10.6. The molecule has 78 valence electrons. The second kappa shape index (κ2) is 2.40. The summed E-state index contributed by atoms with van der Waals surface area (Å²) in [6.45, 7) is -1.44. The van der Waals surface area contributed by atoms with Crippen LogP contribution in [0.15, 0.2) is 0 Å². The lowest BCUT2D eigenvalue weighted by Gasteiger charge is -2.09. The van der Waals surface area contributed by atoms with E-state index in [9.17, 15) is 18.0 Å². The van der Waals surface area contributed by atoms with Gasteiger partial charge in [-0.3, -0.25) is 0 Å². The second-order valence-corrected chi connectivity index (χ2v) is 3.54. The molecule has 7 heteroatoms. The van der Waals surface area contributed by atoms with E-state index in [-0.39, 0.29) is 0 Å². The van der Waals surface area contributed by atoms with Crippen molar-refractivity contribution in [2.45, 2.75) is 24.6 Å². The van der Waals surface area contributed by atoms with Crippen molar-refractivity contribution in [3.63, 3.8) is 0 Å². The zero-order valence-electron chi connectivity index (χ0n) is 7.06. The van der Waals surface area contributed by atoms with Gasteiger partial charge < -0.3 is 5.11 Å². The van der Waals surface area contributed by atoms with Crippen molar-refractivity contribution in [2.24, 2.45) is 0 Å². The van der Waals surface area contributed by atoms with Crippen LogP contribution in [0.2, 0.25) is 0 Å². The van der Waals surface area contributed by atoms with Gasteiger partial charge in [-0.2, -0.15) is 18.1 Å². The minimum Gasteiger partial charge on any atom is -0.447 e. The molecule has 2 rings (SSSR count). The molecule has 0 aromatic heterocycles. The largest absolute Gasteiger partial charge is 0.450 e. The molecule has 1 spiro atoms. The van der Waals surface area contributed by atoms with Gasteiger partial charge >= 0.3 is 18.1 Å². The number of carbonyl (C=O) groups excluding carboxylic acids is 1. The summed E-state index contributed by atoms with van der Waals surface area (Å²) < 4.78 is 35.9. The van der Waals surface area contributed by atoms with Gasteiger partial charge in [0, 0.05) is 12.8 Å². The summed E-state index contributed by atoms with van der Waals surface area (Å²) in [6, 6.07) is -0.690. The minimum atomic E-state index is -4.49. The summed E-state index contributed by atoms with van der Waals surface area (Å²) in [5.41, 5.74) is -0.935. The zero-order valence-corrected chi connectivity index (χ0v) is 7.06. The number of amides is 1. The molecule has 2 N–H and O–H groups in total. The first-order chi connectivity index (χ1) is 6.34. The Labute approximate surface area is 77.0 Å². The fourth-order valence-electron chi connectivity index (χ4n) is 1.48. The van der Waals surface area contributed by atoms with Crippen LogP contribution in [-0.2, 0) is 4.79 Å². The Morgan fingerprint density at radius 3 is 2.43 bits per heavy atom. The summed E-state index contributed by atoms with van der Waals surface area (Å²) in [7, 11) is 0.